The maximum absolute atomic E-state index is 14.0. The van der Waals surface area contributed by atoms with E-state index in [1.807, 2.05) is 36.2 Å². The summed E-state index contributed by atoms with van der Waals surface area (Å²) in [5, 5.41) is 9.06. The molecule has 1 heterocycles. The minimum Gasteiger partial charge on any atom is -0.360 e. The van der Waals surface area contributed by atoms with Crippen LogP contribution in [0.2, 0.25) is 5.02 Å². The van der Waals surface area contributed by atoms with Crippen molar-refractivity contribution in [2.75, 3.05) is 17.3 Å². The molecule has 3 aromatic carbocycles. The van der Waals surface area contributed by atoms with Gasteiger partial charge in [0.05, 0.1) is 21.3 Å². The van der Waals surface area contributed by atoms with Gasteiger partial charge in [0.25, 0.3) is 0 Å². The van der Waals surface area contributed by atoms with Crippen molar-refractivity contribution in [3.8, 4) is 11.1 Å². The molecule has 0 fully saturated rings. The first kappa shape index (κ1) is 20.4. The molecule has 3 aromatic rings. The van der Waals surface area contributed by atoms with Crippen LogP contribution < -0.4 is 15.4 Å². The third-order valence-corrected chi connectivity index (χ3v) is 6.35. The summed E-state index contributed by atoms with van der Waals surface area (Å²) >= 11 is 6.10. The Morgan fingerprint density at radius 3 is 2.63 bits per heavy atom. The van der Waals surface area contributed by atoms with Gasteiger partial charge in [-0.25, -0.2) is 17.9 Å². The van der Waals surface area contributed by atoms with Crippen LogP contribution in [0, 0.1) is 5.82 Å². The van der Waals surface area contributed by atoms with E-state index in [4.69, 9.17) is 16.7 Å². The lowest BCUT2D eigenvalue weighted by atomic mass is 10.0. The van der Waals surface area contributed by atoms with Gasteiger partial charge in [0.2, 0.25) is 10.0 Å². The Morgan fingerprint density at radius 1 is 1.13 bits per heavy atom. The summed E-state index contributed by atoms with van der Waals surface area (Å²) in [6.07, 6.45) is 3.25. The summed E-state index contributed by atoms with van der Waals surface area (Å²) in [6.45, 7) is 0. The Morgan fingerprint density at radius 2 is 1.90 bits per heavy atom. The molecule has 8 heteroatoms. The van der Waals surface area contributed by atoms with Crippen molar-refractivity contribution < 1.29 is 12.8 Å². The van der Waals surface area contributed by atoms with Crippen molar-refractivity contribution >= 4 is 39.1 Å². The van der Waals surface area contributed by atoms with Gasteiger partial charge in [-0.05, 0) is 42.0 Å². The second kappa shape index (κ2) is 7.75. The number of hydrogen-bond acceptors (Lipinski definition) is 4. The zero-order valence-electron chi connectivity index (χ0n) is 16.0. The van der Waals surface area contributed by atoms with Crippen molar-refractivity contribution in [1.29, 1.82) is 0 Å². The Labute approximate surface area is 179 Å². The van der Waals surface area contributed by atoms with Crippen molar-refractivity contribution in [2.45, 2.75) is 11.1 Å². The zero-order valence-corrected chi connectivity index (χ0v) is 17.6. The smallest absolute Gasteiger partial charge is 0.238 e. The fourth-order valence-corrected chi connectivity index (χ4v) is 4.49. The largest absolute Gasteiger partial charge is 0.360 e. The number of primary sulfonamides is 1. The molecule has 4 rings (SSSR count). The number of nitrogens with two attached hydrogens (primary N) is 1. The van der Waals surface area contributed by atoms with Gasteiger partial charge in [-0.2, -0.15) is 0 Å². The monoisotopic (exact) mass is 443 g/mol. The summed E-state index contributed by atoms with van der Waals surface area (Å²) in [6, 6.07) is 16.8. The fourth-order valence-electron chi connectivity index (χ4n) is 3.51. The summed E-state index contributed by atoms with van der Waals surface area (Å²) in [7, 11) is -1.96. The molecule has 3 N–H and O–H groups in total. The molecule has 1 aliphatic heterocycles. The summed E-state index contributed by atoms with van der Waals surface area (Å²) in [4.78, 5) is 2.05. The van der Waals surface area contributed by atoms with E-state index in [0.717, 1.165) is 16.9 Å². The van der Waals surface area contributed by atoms with Crippen LogP contribution in [0.15, 0.2) is 71.6 Å². The lowest BCUT2D eigenvalue weighted by molar-refractivity contribution is 0.598. The number of benzene rings is 3. The molecule has 0 aliphatic carbocycles. The van der Waals surface area contributed by atoms with Gasteiger partial charge in [0.1, 0.15) is 12.0 Å². The van der Waals surface area contributed by atoms with Crippen molar-refractivity contribution in [2.24, 2.45) is 5.14 Å². The van der Waals surface area contributed by atoms with Crippen LogP contribution in [0.1, 0.15) is 5.56 Å². The third-order valence-electron chi connectivity index (χ3n) is 5.05. The fraction of sp³-hybridized carbons (Fsp3) is 0.0909. The minimum atomic E-state index is -3.86. The highest BCUT2D eigenvalue weighted by atomic mass is 35.5. The number of nitrogens with one attached hydrogen (secondary N) is 1. The van der Waals surface area contributed by atoms with E-state index in [1.54, 1.807) is 36.4 Å². The van der Waals surface area contributed by atoms with Gasteiger partial charge >= 0.3 is 0 Å². The Hall–Kier alpha value is -2.87. The molecular formula is C22H19ClFN3O2S. The molecule has 0 bridgehead atoms. The zero-order chi connectivity index (χ0) is 21.5. The van der Waals surface area contributed by atoms with E-state index >= 15 is 0 Å². The van der Waals surface area contributed by atoms with Crippen molar-refractivity contribution in [3.63, 3.8) is 0 Å². The maximum Gasteiger partial charge on any atom is 0.238 e. The van der Waals surface area contributed by atoms with Gasteiger partial charge in [-0.3, -0.25) is 0 Å². The molecule has 30 heavy (non-hydrogen) atoms. The van der Waals surface area contributed by atoms with Gasteiger partial charge in [0.15, 0.2) is 0 Å². The molecule has 1 unspecified atom stereocenters. The highest BCUT2D eigenvalue weighted by molar-refractivity contribution is 7.89. The second-order valence-electron chi connectivity index (χ2n) is 6.97. The number of halogens is 2. The Balaban J connectivity index is 1.66. The molecule has 0 radical (unpaired) electrons. The predicted molar refractivity (Wildman–Crippen MR) is 120 cm³/mol. The van der Waals surface area contributed by atoms with E-state index in [0.29, 0.717) is 16.1 Å². The lowest BCUT2D eigenvalue weighted by Crippen LogP contribution is -2.29. The molecular weight excluding hydrogens is 425 g/mol. The minimum absolute atomic E-state index is 0.0733. The number of fused-ring (bicyclic) bond motifs is 1. The van der Waals surface area contributed by atoms with E-state index in [-0.39, 0.29) is 16.9 Å². The lowest BCUT2D eigenvalue weighted by Gasteiger charge is -2.19. The van der Waals surface area contributed by atoms with Crippen LogP contribution in [0.4, 0.5) is 15.8 Å². The van der Waals surface area contributed by atoms with Crippen LogP contribution in [-0.2, 0) is 10.0 Å². The number of nitrogens with zero attached hydrogens (tertiary/aromatic N) is 1. The van der Waals surface area contributed by atoms with Crippen molar-refractivity contribution in [1.82, 2.24) is 0 Å². The third kappa shape index (κ3) is 3.79. The first-order valence-corrected chi connectivity index (χ1v) is 11.1. The first-order valence-electron chi connectivity index (χ1n) is 9.13. The SMILES string of the molecule is CN1c2cc(-c3ccccc3S(N)(=O)=O)ccc2NC1/C=C/c1c(F)cccc1Cl. The van der Waals surface area contributed by atoms with E-state index in [1.165, 1.54) is 12.1 Å². The van der Waals surface area contributed by atoms with E-state index < -0.39 is 10.0 Å². The van der Waals surface area contributed by atoms with Crippen LogP contribution in [0.5, 0.6) is 0 Å². The molecule has 1 aliphatic rings. The van der Waals surface area contributed by atoms with E-state index in [9.17, 15) is 12.8 Å². The normalized spacial score (nSPS) is 16.0. The van der Waals surface area contributed by atoms with Gasteiger partial charge in [0, 0.05) is 18.2 Å². The Bertz CT molecular complexity index is 1240. The molecule has 0 saturated carbocycles. The molecule has 154 valence electrons. The molecule has 0 aromatic heterocycles. The topological polar surface area (TPSA) is 75.4 Å². The van der Waals surface area contributed by atoms with Crippen LogP contribution in [0.3, 0.4) is 0 Å². The number of likely N-dealkylation sites (N-methyl/N-ethyl adjacent to an activating group) is 1. The maximum atomic E-state index is 14.0. The second-order valence-corrected chi connectivity index (χ2v) is 8.90. The number of rotatable bonds is 4. The predicted octanol–water partition coefficient (Wildman–Crippen LogP) is 4.69. The van der Waals surface area contributed by atoms with Crippen LogP contribution >= 0.6 is 11.6 Å². The van der Waals surface area contributed by atoms with Gasteiger partial charge in [-0.1, -0.05) is 48.0 Å². The molecule has 5 nitrogen and oxygen atoms in total. The highest BCUT2D eigenvalue weighted by Gasteiger charge is 2.25. The summed E-state index contributed by atoms with van der Waals surface area (Å²) in [5.74, 6) is -0.390. The summed E-state index contributed by atoms with van der Waals surface area (Å²) in [5.41, 5.74) is 3.35. The molecule has 0 amide bonds. The molecule has 0 saturated heterocycles. The summed E-state index contributed by atoms with van der Waals surface area (Å²) < 4.78 is 37.9. The average Bonchev–Trinajstić information content (AvgIpc) is 3.02. The highest BCUT2D eigenvalue weighted by Crippen LogP contribution is 2.38. The first-order chi connectivity index (χ1) is 14.3. The van der Waals surface area contributed by atoms with Crippen molar-refractivity contribution in [3.05, 3.63) is 83.1 Å². The van der Waals surface area contributed by atoms with Crippen LogP contribution in [0.25, 0.3) is 17.2 Å². The number of sulfonamides is 1. The standard InChI is InChI=1S/C22H19ClFN3O2S/c1-27-20-13-14(15-5-2-3-8-21(15)30(25,28)29)9-11-19(20)26-22(27)12-10-16-17(23)6-4-7-18(16)24/h2-13,22,26H,1H3,(H2,25,28,29)/b12-10+. The van der Waals surface area contributed by atoms with Gasteiger partial charge < -0.3 is 10.2 Å². The average molecular weight is 444 g/mol. The number of anilines is 2. The molecule has 0 spiro atoms. The number of hydrogen-bond donors (Lipinski definition) is 2. The van der Waals surface area contributed by atoms with E-state index in [2.05, 4.69) is 5.32 Å². The van der Waals surface area contributed by atoms with Gasteiger partial charge in [-0.15, -0.1) is 0 Å². The Kier molecular flexibility index (Phi) is 5.27. The molecule has 1 atom stereocenters. The van der Waals surface area contributed by atoms with Crippen LogP contribution in [-0.4, -0.2) is 21.6 Å². The quantitative estimate of drug-likeness (QED) is 0.613.